The molecule has 2 heterocycles. The van der Waals surface area contributed by atoms with Crippen molar-refractivity contribution in [3.63, 3.8) is 0 Å². The lowest BCUT2D eigenvalue weighted by atomic mass is 10.3. The van der Waals surface area contributed by atoms with Gasteiger partial charge in [0.1, 0.15) is 12.3 Å². The van der Waals surface area contributed by atoms with E-state index in [0.29, 0.717) is 0 Å². The molecule has 0 radical (unpaired) electrons. The molecule has 2 rings (SSSR count). The van der Waals surface area contributed by atoms with E-state index in [1.807, 2.05) is 0 Å². The zero-order chi connectivity index (χ0) is 13.0. The molecule has 0 aliphatic rings. The van der Waals surface area contributed by atoms with Gasteiger partial charge in [-0.15, -0.1) is 0 Å². The molecule has 2 aromatic heterocycles. The summed E-state index contributed by atoms with van der Waals surface area (Å²) in [4.78, 5) is 7.26. The molecule has 0 aliphatic heterocycles. The predicted molar refractivity (Wildman–Crippen MR) is 57.8 cm³/mol. The van der Waals surface area contributed by atoms with Crippen molar-refractivity contribution in [1.82, 2.24) is 9.97 Å². The molecule has 2 aromatic rings. The minimum Gasteiger partial charge on any atom is -0.473 e. The lowest BCUT2D eigenvalue weighted by Gasteiger charge is -2.08. The van der Waals surface area contributed by atoms with E-state index in [0.717, 1.165) is 11.6 Å². The minimum absolute atomic E-state index is 0.0614. The van der Waals surface area contributed by atoms with E-state index in [2.05, 4.69) is 9.97 Å². The second kappa shape index (κ2) is 5.03. The number of rotatable bonds is 3. The molecule has 0 spiro atoms. The summed E-state index contributed by atoms with van der Waals surface area (Å²) in [7, 11) is 0. The van der Waals surface area contributed by atoms with Crippen LogP contribution in [0, 0.1) is 0 Å². The summed E-state index contributed by atoms with van der Waals surface area (Å²) in [5.41, 5.74) is -0.206. The molecular formula is C12H9F3N2O. The second-order valence-corrected chi connectivity index (χ2v) is 3.51. The van der Waals surface area contributed by atoms with E-state index in [1.54, 1.807) is 24.5 Å². The van der Waals surface area contributed by atoms with Gasteiger partial charge in [-0.1, -0.05) is 12.1 Å². The first-order valence-electron chi connectivity index (χ1n) is 5.11. The standard InChI is InChI=1S/C12H9F3N2O/c13-12(14,15)10-4-1-5-11(17-10)18-8-9-3-2-6-16-7-9/h1-7H,8H2. The molecule has 0 aromatic carbocycles. The molecule has 0 amide bonds. The lowest BCUT2D eigenvalue weighted by Crippen LogP contribution is -2.08. The fourth-order valence-electron chi connectivity index (χ4n) is 1.29. The van der Waals surface area contributed by atoms with E-state index in [4.69, 9.17) is 4.74 Å². The predicted octanol–water partition coefficient (Wildman–Crippen LogP) is 3.07. The number of hydrogen-bond acceptors (Lipinski definition) is 3. The zero-order valence-electron chi connectivity index (χ0n) is 9.19. The van der Waals surface area contributed by atoms with Crippen LogP contribution < -0.4 is 4.74 Å². The van der Waals surface area contributed by atoms with E-state index < -0.39 is 11.9 Å². The van der Waals surface area contributed by atoms with Crippen molar-refractivity contribution in [1.29, 1.82) is 0 Å². The van der Waals surface area contributed by atoms with Crippen LogP contribution in [0.25, 0.3) is 0 Å². The maximum absolute atomic E-state index is 12.4. The van der Waals surface area contributed by atoms with Crippen molar-refractivity contribution >= 4 is 0 Å². The summed E-state index contributed by atoms with van der Waals surface area (Å²) >= 11 is 0. The van der Waals surface area contributed by atoms with E-state index in [9.17, 15) is 13.2 Å². The number of halogens is 3. The first-order chi connectivity index (χ1) is 8.55. The Kier molecular flexibility index (Phi) is 3.45. The summed E-state index contributed by atoms with van der Waals surface area (Å²) in [5.74, 6) is -0.0614. The van der Waals surface area contributed by atoms with Gasteiger partial charge >= 0.3 is 6.18 Å². The van der Waals surface area contributed by atoms with Crippen LogP contribution in [0.5, 0.6) is 5.88 Å². The van der Waals surface area contributed by atoms with Crippen LogP contribution in [0.2, 0.25) is 0 Å². The van der Waals surface area contributed by atoms with Crippen LogP contribution in [0.3, 0.4) is 0 Å². The molecule has 0 aliphatic carbocycles. The molecule has 0 unspecified atom stereocenters. The van der Waals surface area contributed by atoms with Crippen molar-refractivity contribution in [3.05, 3.63) is 54.0 Å². The first kappa shape index (κ1) is 12.3. The number of ether oxygens (including phenoxy) is 1. The largest absolute Gasteiger partial charge is 0.473 e. The normalized spacial score (nSPS) is 11.3. The van der Waals surface area contributed by atoms with Crippen molar-refractivity contribution < 1.29 is 17.9 Å². The van der Waals surface area contributed by atoms with E-state index in [1.165, 1.54) is 12.1 Å². The van der Waals surface area contributed by atoms with Crippen molar-refractivity contribution in [2.45, 2.75) is 12.8 Å². The Balaban J connectivity index is 2.06. The Morgan fingerprint density at radius 2 is 1.94 bits per heavy atom. The fraction of sp³-hybridized carbons (Fsp3) is 0.167. The van der Waals surface area contributed by atoms with Gasteiger partial charge in [-0.2, -0.15) is 13.2 Å². The lowest BCUT2D eigenvalue weighted by molar-refractivity contribution is -0.141. The molecule has 94 valence electrons. The minimum atomic E-state index is -4.46. The SMILES string of the molecule is FC(F)(F)c1cccc(OCc2cccnc2)n1. The van der Waals surface area contributed by atoms with Crippen molar-refractivity contribution in [2.24, 2.45) is 0 Å². The summed E-state index contributed by atoms with van der Waals surface area (Å²) in [6.45, 7) is 0.127. The van der Waals surface area contributed by atoms with Crippen molar-refractivity contribution in [2.75, 3.05) is 0 Å². The zero-order valence-corrected chi connectivity index (χ0v) is 9.19. The van der Waals surface area contributed by atoms with Gasteiger partial charge in [0.05, 0.1) is 0 Å². The third-order valence-corrected chi connectivity index (χ3v) is 2.12. The van der Waals surface area contributed by atoms with Crippen molar-refractivity contribution in [3.8, 4) is 5.88 Å². The average Bonchev–Trinajstić information content (AvgIpc) is 2.37. The second-order valence-electron chi connectivity index (χ2n) is 3.51. The number of alkyl halides is 3. The Labute approximate surface area is 101 Å². The van der Waals surface area contributed by atoms with E-state index >= 15 is 0 Å². The third-order valence-electron chi connectivity index (χ3n) is 2.12. The van der Waals surface area contributed by atoms with Crippen LogP contribution in [0.4, 0.5) is 13.2 Å². The fourth-order valence-corrected chi connectivity index (χ4v) is 1.29. The van der Waals surface area contributed by atoms with E-state index in [-0.39, 0.29) is 12.5 Å². The quantitative estimate of drug-likeness (QED) is 0.844. The number of pyridine rings is 2. The average molecular weight is 254 g/mol. The van der Waals surface area contributed by atoms with Gasteiger partial charge in [-0.3, -0.25) is 4.98 Å². The van der Waals surface area contributed by atoms with Gasteiger partial charge in [-0.25, -0.2) is 4.98 Å². The van der Waals surface area contributed by atoms with Crippen LogP contribution in [0.1, 0.15) is 11.3 Å². The Morgan fingerprint density at radius 3 is 2.61 bits per heavy atom. The van der Waals surface area contributed by atoms with Gasteiger partial charge in [0.15, 0.2) is 0 Å². The molecule has 0 atom stereocenters. The Hall–Kier alpha value is -2.11. The maximum atomic E-state index is 12.4. The summed E-state index contributed by atoms with van der Waals surface area (Å²) in [6.07, 6.45) is -1.28. The first-order valence-corrected chi connectivity index (χ1v) is 5.11. The Morgan fingerprint density at radius 1 is 1.11 bits per heavy atom. The van der Waals surface area contributed by atoms with Gasteiger partial charge < -0.3 is 4.74 Å². The molecule has 18 heavy (non-hydrogen) atoms. The Bertz CT molecular complexity index is 514. The molecule has 0 saturated carbocycles. The number of hydrogen-bond donors (Lipinski definition) is 0. The third kappa shape index (κ3) is 3.19. The monoisotopic (exact) mass is 254 g/mol. The summed E-state index contributed by atoms with van der Waals surface area (Å²) in [6, 6.07) is 7.02. The number of aromatic nitrogens is 2. The molecule has 0 N–H and O–H groups in total. The van der Waals surface area contributed by atoms with Crippen LogP contribution in [-0.4, -0.2) is 9.97 Å². The molecule has 3 nitrogen and oxygen atoms in total. The van der Waals surface area contributed by atoms with Crippen LogP contribution in [-0.2, 0) is 12.8 Å². The highest BCUT2D eigenvalue weighted by molar-refractivity contribution is 5.18. The highest BCUT2D eigenvalue weighted by atomic mass is 19.4. The molecule has 0 saturated heterocycles. The smallest absolute Gasteiger partial charge is 0.433 e. The summed E-state index contributed by atoms with van der Waals surface area (Å²) in [5, 5.41) is 0. The molecule has 6 heteroatoms. The van der Waals surface area contributed by atoms with Gasteiger partial charge in [0, 0.05) is 24.0 Å². The maximum Gasteiger partial charge on any atom is 0.433 e. The highest BCUT2D eigenvalue weighted by Crippen LogP contribution is 2.28. The number of nitrogens with zero attached hydrogens (tertiary/aromatic N) is 2. The van der Waals surface area contributed by atoms with Gasteiger partial charge in [0.2, 0.25) is 5.88 Å². The molecule has 0 fully saturated rings. The van der Waals surface area contributed by atoms with Gasteiger partial charge in [0.25, 0.3) is 0 Å². The highest BCUT2D eigenvalue weighted by Gasteiger charge is 2.32. The van der Waals surface area contributed by atoms with Gasteiger partial charge in [-0.05, 0) is 12.1 Å². The van der Waals surface area contributed by atoms with Crippen LogP contribution in [0.15, 0.2) is 42.7 Å². The molecule has 0 bridgehead atoms. The molecular weight excluding hydrogens is 245 g/mol. The van der Waals surface area contributed by atoms with Crippen LogP contribution >= 0.6 is 0 Å². The topological polar surface area (TPSA) is 35.0 Å². The summed E-state index contributed by atoms with van der Waals surface area (Å²) < 4.78 is 42.4.